The van der Waals surface area contributed by atoms with Crippen LogP contribution in [-0.4, -0.2) is 70.4 Å². The van der Waals surface area contributed by atoms with Gasteiger partial charge in [0, 0.05) is 39.3 Å². The Labute approximate surface area is 153 Å². The van der Waals surface area contributed by atoms with Crippen molar-refractivity contribution in [3.05, 3.63) is 46.3 Å². The summed E-state index contributed by atoms with van der Waals surface area (Å²) in [5, 5.41) is 14.3. The van der Waals surface area contributed by atoms with Gasteiger partial charge in [0.25, 0.3) is 11.8 Å². The zero-order valence-electron chi connectivity index (χ0n) is 14.7. The van der Waals surface area contributed by atoms with Gasteiger partial charge in [0.15, 0.2) is 17.3 Å². The summed E-state index contributed by atoms with van der Waals surface area (Å²) < 4.78 is 6.26. The van der Waals surface area contributed by atoms with E-state index in [4.69, 9.17) is 4.74 Å². The number of aromatic nitrogens is 3. The molecule has 2 amide bonds. The smallest absolute Gasteiger partial charge is 0.277 e. The number of anilines is 1. The molecule has 3 rings (SSSR count). The molecular formula is C16H18N6O5. The van der Waals surface area contributed by atoms with Crippen molar-refractivity contribution in [3.8, 4) is 5.75 Å². The molecule has 27 heavy (non-hydrogen) atoms. The van der Waals surface area contributed by atoms with Crippen LogP contribution in [0.2, 0.25) is 0 Å². The van der Waals surface area contributed by atoms with Gasteiger partial charge in [-0.25, -0.2) is 4.98 Å². The normalized spacial score (nSPS) is 13.5. The van der Waals surface area contributed by atoms with Crippen LogP contribution in [0.5, 0.6) is 5.75 Å². The third-order valence-electron chi connectivity index (χ3n) is 4.01. The molecule has 0 saturated heterocycles. The summed E-state index contributed by atoms with van der Waals surface area (Å²) in [5.74, 6) is -1.94. The van der Waals surface area contributed by atoms with Gasteiger partial charge in [-0.1, -0.05) is 0 Å². The minimum absolute atomic E-state index is 0.152. The van der Waals surface area contributed by atoms with Crippen LogP contribution in [0.1, 0.15) is 20.8 Å². The summed E-state index contributed by atoms with van der Waals surface area (Å²) in [6, 6.07) is 0. The first kappa shape index (κ1) is 18.3. The van der Waals surface area contributed by atoms with E-state index in [-0.39, 0.29) is 23.7 Å². The van der Waals surface area contributed by atoms with Crippen molar-refractivity contribution in [1.29, 1.82) is 0 Å². The third-order valence-corrected chi connectivity index (χ3v) is 4.01. The van der Waals surface area contributed by atoms with Crippen LogP contribution in [0.4, 0.5) is 5.82 Å². The predicted molar refractivity (Wildman–Crippen MR) is 94.3 cm³/mol. The highest BCUT2D eigenvalue weighted by molar-refractivity contribution is 6.05. The van der Waals surface area contributed by atoms with E-state index < -0.39 is 23.0 Å². The lowest BCUT2D eigenvalue weighted by Crippen LogP contribution is -2.53. The Bertz CT molecular complexity index is 929. The monoisotopic (exact) mass is 374 g/mol. The molecule has 1 aliphatic heterocycles. The first-order chi connectivity index (χ1) is 12.9. The molecule has 0 saturated carbocycles. The van der Waals surface area contributed by atoms with Crippen molar-refractivity contribution in [2.75, 3.05) is 44.3 Å². The van der Waals surface area contributed by atoms with Gasteiger partial charge in [-0.3, -0.25) is 29.1 Å². The van der Waals surface area contributed by atoms with Crippen molar-refractivity contribution in [2.45, 2.75) is 0 Å². The number of pyridine rings is 1. The number of fused-ring (bicyclic) bond motifs is 1. The molecule has 11 heteroatoms. The van der Waals surface area contributed by atoms with Gasteiger partial charge in [0.1, 0.15) is 12.2 Å². The van der Waals surface area contributed by atoms with Crippen molar-refractivity contribution in [3.63, 3.8) is 0 Å². The van der Waals surface area contributed by atoms with Crippen LogP contribution in [-0.2, 0) is 4.74 Å². The fourth-order valence-electron chi connectivity index (χ4n) is 2.67. The second-order valence-corrected chi connectivity index (χ2v) is 5.82. The summed E-state index contributed by atoms with van der Waals surface area (Å²) >= 11 is 0. The number of amides is 2. The van der Waals surface area contributed by atoms with E-state index in [9.17, 15) is 19.5 Å². The number of carbonyl (C=O) groups excluding carboxylic acids is 2. The Kier molecular flexibility index (Phi) is 5.03. The topological polar surface area (TPSA) is 130 Å². The van der Waals surface area contributed by atoms with Gasteiger partial charge in [-0.05, 0) is 0 Å². The highest BCUT2D eigenvalue weighted by Gasteiger charge is 2.33. The number of hydrogen-bond donors (Lipinski definition) is 2. The molecule has 0 unspecified atom stereocenters. The maximum absolute atomic E-state index is 12.6. The minimum Gasteiger partial charge on any atom is -0.502 e. The molecule has 0 fully saturated rings. The van der Waals surface area contributed by atoms with Gasteiger partial charge in [0.2, 0.25) is 5.43 Å². The number of aromatic hydroxyl groups is 1. The molecular weight excluding hydrogens is 356 g/mol. The summed E-state index contributed by atoms with van der Waals surface area (Å²) in [6.45, 7) is 0.800. The lowest BCUT2D eigenvalue weighted by molar-refractivity contribution is 0.0629. The molecule has 11 nitrogen and oxygen atoms in total. The molecule has 1 aliphatic rings. The number of ether oxygens (including phenoxy) is 1. The third kappa shape index (κ3) is 3.44. The number of nitrogens with one attached hydrogen (secondary N) is 1. The van der Waals surface area contributed by atoms with Crippen LogP contribution in [0.3, 0.4) is 0 Å². The standard InChI is InChI=1S/C16H18N6O5/c1-20-9-21(5-6-27-2)16(26)12-14(24)13(23)10(8-22(12)20)15(25)19-11-7-17-3-4-18-11/h3-4,7-8,24H,5-6,9H2,1-2H3,(H,18,19,25). The van der Waals surface area contributed by atoms with Gasteiger partial charge in [-0.15, -0.1) is 0 Å². The molecule has 0 aliphatic carbocycles. The molecule has 2 aromatic rings. The molecule has 0 bridgehead atoms. The molecule has 0 spiro atoms. The highest BCUT2D eigenvalue weighted by Crippen LogP contribution is 2.20. The average Bonchev–Trinajstić information content (AvgIpc) is 2.66. The van der Waals surface area contributed by atoms with Crippen molar-refractivity contribution >= 4 is 17.6 Å². The van der Waals surface area contributed by atoms with E-state index in [0.717, 1.165) is 0 Å². The summed E-state index contributed by atoms with van der Waals surface area (Å²) in [7, 11) is 3.17. The lowest BCUT2D eigenvalue weighted by Gasteiger charge is -2.37. The summed E-state index contributed by atoms with van der Waals surface area (Å²) in [4.78, 5) is 46.7. The number of rotatable bonds is 5. The fourth-order valence-corrected chi connectivity index (χ4v) is 2.67. The largest absolute Gasteiger partial charge is 0.502 e. The molecule has 0 radical (unpaired) electrons. The minimum atomic E-state index is -0.946. The van der Waals surface area contributed by atoms with Crippen LogP contribution in [0.25, 0.3) is 0 Å². The number of hydrogen-bond acceptors (Lipinski definition) is 8. The first-order valence-corrected chi connectivity index (χ1v) is 7.99. The molecule has 0 aromatic carbocycles. The summed E-state index contributed by atoms with van der Waals surface area (Å²) in [6.07, 6.45) is 5.35. The zero-order valence-corrected chi connectivity index (χ0v) is 14.7. The Hall–Kier alpha value is -3.47. The van der Waals surface area contributed by atoms with E-state index in [0.29, 0.717) is 13.2 Å². The van der Waals surface area contributed by atoms with E-state index >= 15 is 0 Å². The van der Waals surface area contributed by atoms with Crippen LogP contribution in [0, 0.1) is 0 Å². The van der Waals surface area contributed by atoms with Gasteiger partial charge in [-0.2, -0.15) is 0 Å². The molecule has 2 aromatic heterocycles. The quantitative estimate of drug-likeness (QED) is 0.697. The van der Waals surface area contributed by atoms with Crippen LogP contribution in [0.15, 0.2) is 29.6 Å². The van der Waals surface area contributed by atoms with Gasteiger partial charge < -0.3 is 20.1 Å². The SMILES string of the molecule is COCCN1CN(C)n2cc(C(=O)Nc3cnccn3)c(=O)c(O)c2C1=O. The Morgan fingerprint density at radius 3 is 2.81 bits per heavy atom. The van der Waals surface area contributed by atoms with E-state index in [2.05, 4.69) is 15.3 Å². The second kappa shape index (κ2) is 7.41. The Morgan fingerprint density at radius 2 is 2.15 bits per heavy atom. The molecule has 142 valence electrons. The van der Waals surface area contributed by atoms with Crippen molar-refractivity contribution in [1.82, 2.24) is 19.5 Å². The van der Waals surface area contributed by atoms with Crippen LogP contribution >= 0.6 is 0 Å². The summed E-state index contributed by atoms with van der Waals surface area (Å²) in [5.41, 5.74) is -1.48. The number of methoxy groups -OCH3 is 1. The predicted octanol–water partition coefficient (Wildman–Crippen LogP) is -0.776. The van der Waals surface area contributed by atoms with Crippen LogP contribution < -0.4 is 15.8 Å². The van der Waals surface area contributed by atoms with E-state index in [1.54, 1.807) is 12.1 Å². The maximum atomic E-state index is 12.6. The molecule has 3 heterocycles. The average molecular weight is 374 g/mol. The highest BCUT2D eigenvalue weighted by atomic mass is 16.5. The van der Waals surface area contributed by atoms with Crippen molar-refractivity contribution < 1.29 is 19.4 Å². The maximum Gasteiger partial charge on any atom is 0.277 e. The Morgan fingerprint density at radius 1 is 1.37 bits per heavy atom. The van der Waals surface area contributed by atoms with Crippen molar-refractivity contribution in [2.24, 2.45) is 0 Å². The second-order valence-electron chi connectivity index (χ2n) is 5.82. The molecule has 0 atom stereocenters. The van der Waals surface area contributed by atoms with Gasteiger partial charge in [0.05, 0.1) is 12.8 Å². The lowest BCUT2D eigenvalue weighted by atomic mass is 10.1. The van der Waals surface area contributed by atoms with Gasteiger partial charge >= 0.3 is 0 Å². The number of carbonyl (C=O) groups is 2. The zero-order chi connectivity index (χ0) is 19.6. The first-order valence-electron chi connectivity index (χ1n) is 7.99. The van der Waals surface area contributed by atoms with E-state index in [1.807, 2.05) is 0 Å². The Balaban J connectivity index is 1.98. The molecule has 2 N–H and O–H groups in total. The number of nitrogens with zero attached hydrogens (tertiary/aromatic N) is 5. The fraction of sp³-hybridized carbons (Fsp3) is 0.312. The van der Waals surface area contributed by atoms with E-state index in [1.165, 1.54) is 41.5 Å².